The Balaban J connectivity index is 2.00. The van der Waals surface area contributed by atoms with Crippen LogP contribution < -0.4 is 10.6 Å². The fourth-order valence-electron chi connectivity index (χ4n) is 2.43. The molecule has 25 heavy (non-hydrogen) atoms. The standard InChI is InChI=1S/C18H22N6O/c1-4-13(10-25)22-18-23-16-15(19-7-8-20-16)17(24-18)21-14-6-5-11(2)12(3)9-14/h5-9,13,25H,4,10H2,1-3H3,(H2,20,21,22,23,24)/t13-/m1/s1. The third-order valence-electron chi connectivity index (χ3n) is 4.15. The first kappa shape index (κ1) is 17.0. The number of aliphatic hydroxyl groups excluding tert-OH is 1. The summed E-state index contributed by atoms with van der Waals surface area (Å²) in [6.45, 7) is 6.15. The zero-order chi connectivity index (χ0) is 17.8. The monoisotopic (exact) mass is 338 g/mol. The first-order valence-electron chi connectivity index (χ1n) is 8.31. The van der Waals surface area contributed by atoms with Crippen LogP contribution in [0.5, 0.6) is 0 Å². The molecule has 3 N–H and O–H groups in total. The Morgan fingerprint density at radius 1 is 1.08 bits per heavy atom. The van der Waals surface area contributed by atoms with Gasteiger partial charge in [-0.3, -0.25) is 0 Å². The van der Waals surface area contributed by atoms with E-state index in [9.17, 15) is 5.11 Å². The van der Waals surface area contributed by atoms with Crippen molar-refractivity contribution >= 4 is 28.6 Å². The molecule has 2 aromatic heterocycles. The van der Waals surface area contributed by atoms with Crippen LogP contribution in [0, 0.1) is 13.8 Å². The minimum absolute atomic E-state index is 0.0122. The normalized spacial score (nSPS) is 12.2. The highest BCUT2D eigenvalue weighted by Crippen LogP contribution is 2.24. The molecule has 0 amide bonds. The number of benzene rings is 1. The maximum absolute atomic E-state index is 9.40. The molecule has 0 spiro atoms. The molecule has 1 aromatic carbocycles. The molecule has 0 unspecified atom stereocenters. The highest BCUT2D eigenvalue weighted by molar-refractivity contribution is 5.85. The number of hydrogen-bond donors (Lipinski definition) is 3. The number of aliphatic hydroxyl groups is 1. The van der Waals surface area contributed by atoms with Crippen LogP contribution in [0.2, 0.25) is 0 Å². The molecule has 1 atom stereocenters. The molecule has 2 heterocycles. The van der Waals surface area contributed by atoms with Crippen molar-refractivity contribution < 1.29 is 5.11 Å². The molecule has 130 valence electrons. The lowest BCUT2D eigenvalue weighted by atomic mass is 10.1. The Morgan fingerprint density at radius 2 is 1.88 bits per heavy atom. The fourth-order valence-corrected chi connectivity index (χ4v) is 2.43. The second kappa shape index (κ2) is 7.40. The van der Waals surface area contributed by atoms with Crippen LogP contribution in [0.25, 0.3) is 11.2 Å². The molecule has 3 aromatic rings. The Labute approximate surface area is 146 Å². The van der Waals surface area contributed by atoms with Gasteiger partial charge < -0.3 is 15.7 Å². The summed E-state index contributed by atoms with van der Waals surface area (Å²) in [5, 5.41) is 15.8. The summed E-state index contributed by atoms with van der Waals surface area (Å²) in [5.74, 6) is 0.997. The molecule has 7 nitrogen and oxygen atoms in total. The Morgan fingerprint density at radius 3 is 2.60 bits per heavy atom. The van der Waals surface area contributed by atoms with Gasteiger partial charge in [-0.25, -0.2) is 9.97 Å². The van der Waals surface area contributed by atoms with Gasteiger partial charge in [-0.1, -0.05) is 13.0 Å². The summed E-state index contributed by atoms with van der Waals surface area (Å²) in [4.78, 5) is 17.6. The average molecular weight is 338 g/mol. The quantitative estimate of drug-likeness (QED) is 0.636. The van der Waals surface area contributed by atoms with Gasteiger partial charge in [0.15, 0.2) is 17.0 Å². The van der Waals surface area contributed by atoms with Crippen LogP contribution in [0.1, 0.15) is 24.5 Å². The van der Waals surface area contributed by atoms with Crippen LogP contribution in [0.4, 0.5) is 17.5 Å². The van der Waals surface area contributed by atoms with Crippen molar-refractivity contribution in [2.75, 3.05) is 17.2 Å². The van der Waals surface area contributed by atoms with Crippen molar-refractivity contribution in [2.24, 2.45) is 0 Å². The lowest BCUT2D eigenvalue weighted by Gasteiger charge is -2.16. The number of hydrogen-bond acceptors (Lipinski definition) is 7. The summed E-state index contributed by atoms with van der Waals surface area (Å²) >= 11 is 0. The summed E-state index contributed by atoms with van der Waals surface area (Å²) < 4.78 is 0. The summed E-state index contributed by atoms with van der Waals surface area (Å²) in [7, 11) is 0. The van der Waals surface area contributed by atoms with E-state index in [0.717, 1.165) is 12.1 Å². The van der Waals surface area contributed by atoms with Gasteiger partial charge in [-0.05, 0) is 43.5 Å². The summed E-state index contributed by atoms with van der Waals surface area (Å²) in [6.07, 6.45) is 3.98. The maximum atomic E-state index is 9.40. The Bertz CT molecular complexity index is 879. The number of nitrogens with zero attached hydrogens (tertiary/aromatic N) is 4. The van der Waals surface area contributed by atoms with Gasteiger partial charge in [0.05, 0.1) is 12.6 Å². The van der Waals surface area contributed by atoms with Gasteiger partial charge >= 0.3 is 0 Å². The van der Waals surface area contributed by atoms with E-state index in [1.165, 1.54) is 11.1 Å². The number of aromatic nitrogens is 4. The molecule has 3 rings (SSSR count). The van der Waals surface area contributed by atoms with Crippen molar-refractivity contribution in [2.45, 2.75) is 33.2 Å². The number of fused-ring (bicyclic) bond motifs is 1. The highest BCUT2D eigenvalue weighted by atomic mass is 16.3. The van der Waals surface area contributed by atoms with E-state index < -0.39 is 0 Å². The van der Waals surface area contributed by atoms with Crippen LogP contribution >= 0.6 is 0 Å². The first-order chi connectivity index (χ1) is 12.1. The van der Waals surface area contributed by atoms with E-state index in [0.29, 0.717) is 22.9 Å². The third-order valence-corrected chi connectivity index (χ3v) is 4.15. The molecule has 0 saturated carbocycles. The maximum Gasteiger partial charge on any atom is 0.227 e. The van der Waals surface area contributed by atoms with Gasteiger partial charge in [-0.2, -0.15) is 9.97 Å². The number of nitrogens with one attached hydrogen (secondary N) is 2. The largest absolute Gasteiger partial charge is 0.394 e. The predicted octanol–water partition coefficient (Wildman–Crippen LogP) is 2.96. The second-order valence-corrected chi connectivity index (χ2v) is 5.98. The molecule has 0 aliphatic carbocycles. The number of aryl methyl sites for hydroxylation is 2. The van der Waals surface area contributed by atoms with E-state index >= 15 is 0 Å². The SMILES string of the molecule is CC[C@H](CO)Nc1nc(Nc2ccc(C)c(C)c2)c2nccnc2n1. The molecule has 0 fully saturated rings. The zero-order valence-electron chi connectivity index (χ0n) is 14.6. The minimum Gasteiger partial charge on any atom is -0.394 e. The van der Waals surface area contributed by atoms with Gasteiger partial charge in [0.2, 0.25) is 5.95 Å². The van der Waals surface area contributed by atoms with E-state index in [2.05, 4.69) is 56.5 Å². The topological polar surface area (TPSA) is 95.8 Å². The zero-order valence-corrected chi connectivity index (χ0v) is 14.6. The van der Waals surface area contributed by atoms with Crippen molar-refractivity contribution in [3.8, 4) is 0 Å². The van der Waals surface area contributed by atoms with Crippen LogP contribution in [0.3, 0.4) is 0 Å². The molecule has 0 aliphatic rings. The summed E-state index contributed by atoms with van der Waals surface area (Å²) in [5.41, 5.74) is 4.45. The molecular formula is C18H22N6O. The number of anilines is 3. The van der Waals surface area contributed by atoms with Gasteiger partial charge in [0, 0.05) is 18.1 Å². The van der Waals surface area contributed by atoms with Crippen LogP contribution in [0.15, 0.2) is 30.6 Å². The first-order valence-corrected chi connectivity index (χ1v) is 8.31. The molecule has 7 heteroatoms. The van der Waals surface area contributed by atoms with Crippen molar-refractivity contribution in [3.63, 3.8) is 0 Å². The van der Waals surface area contributed by atoms with Crippen molar-refractivity contribution in [3.05, 3.63) is 41.7 Å². The molecule has 0 radical (unpaired) electrons. The van der Waals surface area contributed by atoms with E-state index in [1.807, 2.05) is 13.0 Å². The lowest BCUT2D eigenvalue weighted by molar-refractivity contribution is 0.271. The van der Waals surface area contributed by atoms with E-state index in [-0.39, 0.29) is 12.6 Å². The van der Waals surface area contributed by atoms with Crippen molar-refractivity contribution in [1.29, 1.82) is 0 Å². The molecular weight excluding hydrogens is 316 g/mol. The number of rotatable bonds is 6. The average Bonchev–Trinajstić information content (AvgIpc) is 2.63. The van der Waals surface area contributed by atoms with Gasteiger partial charge in [0.25, 0.3) is 0 Å². The van der Waals surface area contributed by atoms with Gasteiger partial charge in [0.1, 0.15) is 0 Å². The lowest BCUT2D eigenvalue weighted by Crippen LogP contribution is -2.24. The van der Waals surface area contributed by atoms with Crippen molar-refractivity contribution in [1.82, 2.24) is 19.9 Å². The van der Waals surface area contributed by atoms with Gasteiger partial charge in [-0.15, -0.1) is 0 Å². The molecule has 0 bridgehead atoms. The predicted molar refractivity (Wildman–Crippen MR) is 99.1 cm³/mol. The smallest absolute Gasteiger partial charge is 0.227 e. The Kier molecular flexibility index (Phi) is 5.04. The van der Waals surface area contributed by atoms with E-state index in [1.54, 1.807) is 12.4 Å². The minimum atomic E-state index is -0.108. The van der Waals surface area contributed by atoms with Crippen LogP contribution in [-0.4, -0.2) is 37.7 Å². The molecule has 0 aliphatic heterocycles. The van der Waals surface area contributed by atoms with E-state index in [4.69, 9.17) is 0 Å². The fraction of sp³-hybridized carbons (Fsp3) is 0.333. The summed E-state index contributed by atoms with van der Waals surface area (Å²) in [6, 6.07) is 6.02. The Hall–Kier alpha value is -2.80. The highest BCUT2D eigenvalue weighted by Gasteiger charge is 2.13. The van der Waals surface area contributed by atoms with Crippen LogP contribution in [-0.2, 0) is 0 Å². The third kappa shape index (κ3) is 3.83. The molecule has 0 saturated heterocycles. The second-order valence-electron chi connectivity index (χ2n) is 5.98.